The Morgan fingerprint density at radius 1 is 1.09 bits per heavy atom. The second-order valence-electron chi connectivity index (χ2n) is 5.57. The molecule has 22 heavy (non-hydrogen) atoms. The zero-order chi connectivity index (χ0) is 15.6. The van der Waals surface area contributed by atoms with Crippen molar-refractivity contribution in [3.63, 3.8) is 0 Å². The van der Waals surface area contributed by atoms with E-state index in [0.29, 0.717) is 13.2 Å². The normalized spacial score (nSPS) is 12.1. The number of rotatable bonds is 9. The van der Waals surface area contributed by atoms with Crippen molar-refractivity contribution in [1.29, 1.82) is 0 Å². The molecule has 0 unspecified atom stereocenters. The van der Waals surface area contributed by atoms with Crippen LogP contribution in [0.15, 0.2) is 54.6 Å². The van der Waals surface area contributed by atoms with Crippen molar-refractivity contribution in [3.05, 3.63) is 65.7 Å². The van der Waals surface area contributed by atoms with E-state index < -0.39 is 6.10 Å². The maximum Gasteiger partial charge on any atom is 0.119 e. The third-order valence-electron chi connectivity index (χ3n) is 3.47. The van der Waals surface area contributed by atoms with E-state index in [4.69, 9.17) is 4.74 Å². The Hall–Kier alpha value is -1.84. The van der Waals surface area contributed by atoms with Crippen LogP contribution in [0.3, 0.4) is 0 Å². The SMILES string of the molecule is Cc1cccc(OC[C@@H](O)CNCCCc2ccccc2)c1. The zero-order valence-corrected chi connectivity index (χ0v) is 13.2. The molecule has 0 radical (unpaired) electrons. The van der Waals surface area contributed by atoms with Gasteiger partial charge in [-0.2, -0.15) is 0 Å². The molecular formula is C19H25NO2. The average Bonchev–Trinajstić information content (AvgIpc) is 2.54. The largest absolute Gasteiger partial charge is 0.491 e. The minimum atomic E-state index is -0.489. The number of hydrogen-bond acceptors (Lipinski definition) is 3. The molecule has 0 aliphatic carbocycles. The Kier molecular flexibility index (Phi) is 6.94. The van der Waals surface area contributed by atoms with Crippen LogP contribution in [0.25, 0.3) is 0 Å². The van der Waals surface area contributed by atoms with Gasteiger partial charge in [-0.15, -0.1) is 0 Å². The molecule has 118 valence electrons. The van der Waals surface area contributed by atoms with Crippen molar-refractivity contribution in [3.8, 4) is 5.75 Å². The summed E-state index contributed by atoms with van der Waals surface area (Å²) in [5.74, 6) is 0.808. The molecule has 0 saturated heterocycles. The number of hydrogen-bond donors (Lipinski definition) is 2. The lowest BCUT2D eigenvalue weighted by Gasteiger charge is -2.13. The molecule has 0 aliphatic heterocycles. The first-order chi connectivity index (χ1) is 10.7. The molecule has 0 aliphatic rings. The fourth-order valence-electron chi connectivity index (χ4n) is 2.29. The number of ether oxygens (including phenoxy) is 1. The van der Waals surface area contributed by atoms with Gasteiger partial charge in [0.15, 0.2) is 0 Å². The molecule has 0 heterocycles. The van der Waals surface area contributed by atoms with E-state index in [1.54, 1.807) is 0 Å². The van der Waals surface area contributed by atoms with Gasteiger partial charge in [0, 0.05) is 6.54 Å². The molecule has 2 aromatic rings. The van der Waals surface area contributed by atoms with Crippen LogP contribution >= 0.6 is 0 Å². The quantitative estimate of drug-likeness (QED) is 0.700. The van der Waals surface area contributed by atoms with Gasteiger partial charge in [0.2, 0.25) is 0 Å². The first-order valence-corrected chi connectivity index (χ1v) is 7.86. The van der Waals surface area contributed by atoms with Gasteiger partial charge >= 0.3 is 0 Å². The molecule has 3 nitrogen and oxygen atoms in total. The predicted octanol–water partition coefficient (Wildman–Crippen LogP) is 2.96. The van der Waals surface area contributed by atoms with Crippen LogP contribution < -0.4 is 10.1 Å². The van der Waals surface area contributed by atoms with E-state index in [2.05, 4.69) is 29.6 Å². The number of aliphatic hydroxyl groups excluding tert-OH is 1. The maximum absolute atomic E-state index is 9.91. The van der Waals surface area contributed by atoms with Crippen molar-refractivity contribution < 1.29 is 9.84 Å². The van der Waals surface area contributed by atoms with Gasteiger partial charge in [-0.05, 0) is 49.6 Å². The summed E-state index contributed by atoms with van der Waals surface area (Å²) in [6, 6.07) is 18.3. The molecule has 2 aromatic carbocycles. The van der Waals surface area contributed by atoms with Crippen LogP contribution in [0.4, 0.5) is 0 Å². The summed E-state index contributed by atoms with van der Waals surface area (Å²) in [6.07, 6.45) is 1.64. The predicted molar refractivity (Wildman–Crippen MR) is 90.3 cm³/mol. The van der Waals surface area contributed by atoms with Gasteiger partial charge in [0.25, 0.3) is 0 Å². The third kappa shape index (κ3) is 6.29. The van der Waals surface area contributed by atoms with Gasteiger partial charge < -0.3 is 15.2 Å². The van der Waals surface area contributed by atoms with Gasteiger partial charge in [0.05, 0.1) is 0 Å². The van der Waals surface area contributed by atoms with Gasteiger partial charge in [-0.25, -0.2) is 0 Å². The van der Waals surface area contributed by atoms with Crippen molar-refractivity contribution in [1.82, 2.24) is 5.32 Å². The summed E-state index contributed by atoms with van der Waals surface area (Å²) in [6.45, 7) is 3.80. The molecule has 0 saturated carbocycles. The highest BCUT2D eigenvalue weighted by Crippen LogP contribution is 2.12. The minimum Gasteiger partial charge on any atom is -0.491 e. The van der Waals surface area contributed by atoms with Crippen molar-refractivity contribution in [2.45, 2.75) is 25.9 Å². The van der Waals surface area contributed by atoms with Crippen LogP contribution in [0.1, 0.15) is 17.5 Å². The molecule has 0 bridgehead atoms. The van der Waals surface area contributed by atoms with E-state index in [1.807, 2.05) is 37.3 Å². The first-order valence-electron chi connectivity index (χ1n) is 7.86. The van der Waals surface area contributed by atoms with E-state index in [-0.39, 0.29) is 0 Å². The van der Waals surface area contributed by atoms with Crippen LogP contribution in [-0.2, 0) is 6.42 Å². The monoisotopic (exact) mass is 299 g/mol. The summed E-state index contributed by atoms with van der Waals surface area (Å²) in [5.41, 5.74) is 2.51. The minimum absolute atomic E-state index is 0.315. The third-order valence-corrected chi connectivity index (χ3v) is 3.47. The van der Waals surface area contributed by atoms with Crippen molar-refractivity contribution in [2.24, 2.45) is 0 Å². The van der Waals surface area contributed by atoms with Crippen molar-refractivity contribution in [2.75, 3.05) is 19.7 Å². The summed E-state index contributed by atoms with van der Waals surface area (Å²) < 4.78 is 5.58. The molecule has 1 atom stereocenters. The lowest BCUT2D eigenvalue weighted by Crippen LogP contribution is -2.32. The maximum atomic E-state index is 9.91. The van der Waals surface area contributed by atoms with Gasteiger partial charge in [-0.3, -0.25) is 0 Å². The number of aliphatic hydroxyl groups is 1. The van der Waals surface area contributed by atoms with E-state index in [1.165, 1.54) is 5.56 Å². The topological polar surface area (TPSA) is 41.5 Å². The second kappa shape index (κ2) is 9.23. The van der Waals surface area contributed by atoms with Crippen LogP contribution in [0.2, 0.25) is 0 Å². The molecule has 0 spiro atoms. The fraction of sp³-hybridized carbons (Fsp3) is 0.368. The standard InChI is InChI=1S/C19H25NO2/c1-16-7-5-11-19(13-16)22-15-18(21)14-20-12-6-10-17-8-3-2-4-9-17/h2-5,7-9,11,13,18,20-21H,6,10,12,14-15H2,1H3/t18-/m0/s1. The van der Waals surface area contributed by atoms with E-state index in [0.717, 1.165) is 30.7 Å². The molecule has 0 amide bonds. The van der Waals surface area contributed by atoms with Gasteiger partial charge in [0.1, 0.15) is 18.5 Å². The number of aryl methyl sites for hydroxylation is 2. The zero-order valence-electron chi connectivity index (χ0n) is 13.2. The van der Waals surface area contributed by atoms with Gasteiger partial charge in [-0.1, -0.05) is 42.5 Å². The molecule has 2 rings (SSSR count). The number of benzene rings is 2. The Morgan fingerprint density at radius 2 is 1.91 bits per heavy atom. The molecule has 2 N–H and O–H groups in total. The van der Waals surface area contributed by atoms with Crippen LogP contribution in [0, 0.1) is 6.92 Å². The van der Waals surface area contributed by atoms with Crippen LogP contribution in [0.5, 0.6) is 5.75 Å². The molecular weight excluding hydrogens is 274 g/mol. The second-order valence-corrected chi connectivity index (χ2v) is 5.57. The summed E-state index contributed by atoms with van der Waals surface area (Å²) in [5, 5.41) is 13.2. The van der Waals surface area contributed by atoms with E-state index >= 15 is 0 Å². The van der Waals surface area contributed by atoms with E-state index in [9.17, 15) is 5.11 Å². The summed E-state index contributed by atoms with van der Waals surface area (Å²) >= 11 is 0. The Morgan fingerprint density at radius 3 is 2.68 bits per heavy atom. The highest BCUT2D eigenvalue weighted by atomic mass is 16.5. The Balaban J connectivity index is 1.55. The first kappa shape index (κ1) is 16.5. The molecule has 0 fully saturated rings. The number of nitrogens with one attached hydrogen (secondary N) is 1. The molecule has 0 aromatic heterocycles. The lowest BCUT2D eigenvalue weighted by molar-refractivity contribution is 0.106. The summed E-state index contributed by atoms with van der Waals surface area (Å²) in [4.78, 5) is 0. The Labute approximate surface area is 133 Å². The highest BCUT2D eigenvalue weighted by Gasteiger charge is 2.04. The summed E-state index contributed by atoms with van der Waals surface area (Å²) in [7, 11) is 0. The van der Waals surface area contributed by atoms with Crippen molar-refractivity contribution >= 4 is 0 Å². The highest BCUT2D eigenvalue weighted by molar-refractivity contribution is 5.27. The van der Waals surface area contributed by atoms with Crippen LogP contribution in [-0.4, -0.2) is 30.9 Å². The average molecular weight is 299 g/mol. The lowest BCUT2D eigenvalue weighted by atomic mass is 10.1. The molecule has 3 heteroatoms. The smallest absolute Gasteiger partial charge is 0.119 e. The fourth-order valence-corrected chi connectivity index (χ4v) is 2.29. The Bertz CT molecular complexity index is 542.